The second-order valence-corrected chi connectivity index (χ2v) is 10.6. The highest BCUT2D eigenvalue weighted by Gasteiger charge is 2.23. The molecule has 1 aliphatic rings. The van der Waals surface area contributed by atoms with E-state index in [1.54, 1.807) is 4.90 Å². The lowest BCUT2D eigenvalue weighted by Crippen LogP contribution is -2.46. The maximum Gasteiger partial charge on any atom is 0.240 e. The molecule has 208 valence electrons. The average molecular weight is 539 g/mol. The highest BCUT2D eigenvalue weighted by atomic mass is 16.2. The van der Waals surface area contributed by atoms with Crippen LogP contribution in [0.1, 0.15) is 35.5 Å². The van der Waals surface area contributed by atoms with E-state index in [9.17, 15) is 4.79 Å². The molecule has 0 spiro atoms. The number of hydrogen-bond acceptors (Lipinski definition) is 6. The van der Waals surface area contributed by atoms with E-state index in [0.717, 1.165) is 79.1 Å². The maximum atomic E-state index is 13.2. The number of fused-ring (bicyclic) bond motifs is 1. The molecule has 0 unspecified atom stereocenters. The van der Waals surface area contributed by atoms with Crippen molar-refractivity contribution in [3.8, 4) is 0 Å². The largest absolute Gasteiger partial charge is 0.384 e. The van der Waals surface area contributed by atoms with Gasteiger partial charge in [-0.15, -0.1) is 0 Å². The van der Waals surface area contributed by atoms with E-state index >= 15 is 0 Å². The van der Waals surface area contributed by atoms with Gasteiger partial charge in [-0.25, -0.2) is 4.98 Å². The van der Waals surface area contributed by atoms with Crippen molar-refractivity contribution in [2.45, 2.75) is 38.3 Å². The first kappa shape index (κ1) is 27.5. The number of nitrogens with one attached hydrogen (secondary N) is 2. The van der Waals surface area contributed by atoms with Crippen LogP contribution in [0.15, 0.2) is 66.9 Å². The van der Waals surface area contributed by atoms with Gasteiger partial charge in [0, 0.05) is 63.6 Å². The van der Waals surface area contributed by atoms with Crippen LogP contribution in [0.4, 0.5) is 5.69 Å². The van der Waals surface area contributed by atoms with Gasteiger partial charge in [0.25, 0.3) is 0 Å². The van der Waals surface area contributed by atoms with Crippen molar-refractivity contribution in [1.82, 2.24) is 24.8 Å². The molecule has 1 saturated heterocycles. The molecule has 2 aromatic carbocycles. The minimum absolute atomic E-state index is 0.0792. The summed E-state index contributed by atoms with van der Waals surface area (Å²) in [6.07, 6.45) is 5.50. The van der Waals surface area contributed by atoms with Crippen LogP contribution in [0.3, 0.4) is 0 Å². The van der Waals surface area contributed by atoms with Crippen LogP contribution in [0.5, 0.6) is 0 Å². The quantitative estimate of drug-likeness (QED) is 0.211. The van der Waals surface area contributed by atoms with Gasteiger partial charge in [0.15, 0.2) is 0 Å². The van der Waals surface area contributed by atoms with Crippen molar-refractivity contribution < 1.29 is 4.79 Å². The van der Waals surface area contributed by atoms with E-state index in [0.29, 0.717) is 12.6 Å². The fraction of sp³-hybridized carbons (Fsp3) is 0.355. The van der Waals surface area contributed by atoms with Crippen LogP contribution in [0, 0.1) is 5.41 Å². The summed E-state index contributed by atoms with van der Waals surface area (Å²) >= 11 is 0. The molecule has 4 aromatic rings. The molecule has 1 fully saturated rings. The van der Waals surface area contributed by atoms with E-state index in [2.05, 4.69) is 19.8 Å². The molecular weight excluding hydrogens is 500 g/mol. The van der Waals surface area contributed by atoms with Gasteiger partial charge in [0.1, 0.15) is 11.7 Å². The van der Waals surface area contributed by atoms with Crippen molar-refractivity contribution in [3.05, 3.63) is 89.5 Å². The Hall–Kier alpha value is -4.08. The Balaban J connectivity index is 1.14. The zero-order chi connectivity index (χ0) is 28.1. The van der Waals surface area contributed by atoms with Crippen molar-refractivity contribution in [1.29, 1.82) is 5.41 Å². The number of aryl methyl sites for hydroxylation is 3. The lowest BCUT2D eigenvalue weighted by atomic mass is 10.0. The van der Waals surface area contributed by atoms with Gasteiger partial charge in [-0.05, 0) is 55.2 Å². The number of pyridine rings is 1. The first-order valence-electron chi connectivity index (χ1n) is 13.9. The third-order valence-corrected chi connectivity index (χ3v) is 7.87. The Labute approximate surface area is 235 Å². The highest BCUT2D eigenvalue weighted by molar-refractivity contribution is 5.96. The molecule has 5 rings (SSSR count). The first-order chi connectivity index (χ1) is 19.4. The minimum atomic E-state index is 0.0792. The number of carbonyl (C=O) groups excluding carboxylic acids is 1. The molecule has 3 heterocycles. The van der Waals surface area contributed by atoms with E-state index in [-0.39, 0.29) is 11.7 Å². The SMILES string of the molecule is CN(C(=O)CN1CCC(NCc2ccccn2)CC1)c1ccc2c(c1)nc(CCc1ccc(C(=N)N)cc1)n2C. The Morgan fingerprint density at radius 1 is 1.10 bits per heavy atom. The normalized spacial score (nSPS) is 14.4. The van der Waals surface area contributed by atoms with E-state index in [4.69, 9.17) is 16.1 Å². The number of nitrogen functional groups attached to an aromatic ring is 1. The number of nitrogens with two attached hydrogens (primary N) is 1. The number of imidazole rings is 1. The van der Waals surface area contributed by atoms with Gasteiger partial charge < -0.3 is 20.5 Å². The number of aromatic nitrogens is 3. The van der Waals surface area contributed by atoms with E-state index in [1.165, 1.54) is 5.56 Å². The average Bonchev–Trinajstić information content (AvgIpc) is 3.30. The highest BCUT2D eigenvalue weighted by Crippen LogP contribution is 2.23. The summed E-state index contributed by atoms with van der Waals surface area (Å²) in [6, 6.07) is 20.3. The van der Waals surface area contributed by atoms with Crippen molar-refractivity contribution in [2.75, 3.05) is 31.6 Å². The number of piperidine rings is 1. The van der Waals surface area contributed by atoms with Gasteiger partial charge in [0.2, 0.25) is 5.91 Å². The van der Waals surface area contributed by atoms with Crippen molar-refractivity contribution in [2.24, 2.45) is 12.8 Å². The molecule has 0 saturated carbocycles. The third kappa shape index (κ3) is 6.55. The summed E-state index contributed by atoms with van der Waals surface area (Å²) in [6.45, 7) is 3.00. The molecule has 4 N–H and O–H groups in total. The summed E-state index contributed by atoms with van der Waals surface area (Å²) in [5.74, 6) is 1.16. The standard InChI is InChI=1S/C31H38N8O/c1-37(30(40)21-39-17-14-24(15-18-39)35-20-25-5-3-4-16-34-25)26-11-12-28-27(19-26)36-29(38(28)2)13-8-22-6-9-23(10-7-22)31(32)33/h3-7,9-12,16,19,24,35H,8,13-15,17-18,20-21H2,1-2H3,(H3,32,33). The monoisotopic (exact) mass is 538 g/mol. The summed E-state index contributed by atoms with van der Waals surface area (Å²) in [5, 5.41) is 11.2. The molecule has 1 aliphatic heterocycles. The number of likely N-dealkylation sites (tertiary alicyclic amines) is 1. The lowest BCUT2D eigenvalue weighted by molar-refractivity contribution is -0.119. The van der Waals surface area contributed by atoms with E-state index in [1.807, 2.05) is 81.0 Å². The zero-order valence-electron chi connectivity index (χ0n) is 23.3. The van der Waals surface area contributed by atoms with Gasteiger partial charge >= 0.3 is 0 Å². The maximum absolute atomic E-state index is 13.2. The third-order valence-electron chi connectivity index (χ3n) is 7.87. The summed E-state index contributed by atoms with van der Waals surface area (Å²) < 4.78 is 2.12. The predicted octanol–water partition coefficient (Wildman–Crippen LogP) is 3.25. The number of nitrogens with zero attached hydrogens (tertiary/aromatic N) is 5. The molecule has 9 heteroatoms. The number of anilines is 1. The predicted molar refractivity (Wildman–Crippen MR) is 160 cm³/mol. The first-order valence-corrected chi connectivity index (χ1v) is 13.9. The molecular formula is C31H38N8O. The van der Waals surface area contributed by atoms with Gasteiger partial charge in [-0.1, -0.05) is 30.3 Å². The molecule has 2 aromatic heterocycles. The Kier molecular flexibility index (Phi) is 8.52. The lowest BCUT2D eigenvalue weighted by Gasteiger charge is -2.33. The zero-order valence-corrected chi connectivity index (χ0v) is 23.3. The molecule has 0 aliphatic carbocycles. The number of amidine groups is 1. The number of amides is 1. The number of hydrogen-bond donors (Lipinski definition) is 3. The summed E-state index contributed by atoms with van der Waals surface area (Å²) in [4.78, 5) is 26.4. The molecule has 0 atom stereocenters. The second-order valence-electron chi connectivity index (χ2n) is 10.6. The van der Waals surface area contributed by atoms with Crippen molar-refractivity contribution in [3.63, 3.8) is 0 Å². The molecule has 1 amide bonds. The minimum Gasteiger partial charge on any atom is -0.384 e. The Morgan fingerprint density at radius 3 is 2.58 bits per heavy atom. The van der Waals surface area contributed by atoms with Crippen LogP contribution in [0.2, 0.25) is 0 Å². The molecule has 0 radical (unpaired) electrons. The smallest absolute Gasteiger partial charge is 0.240 e. The van der Waals surface area contributed by atoms with Crippen LogP contribution in [-0.2, 0) is 31.2 Å². The fourth-order valence-electron chi connectivity index (χ4n) is 5.27. The Bertz CT molecular complexity index is 1460. The number of carbonyl (C=O) groups is 1. The number of rotatable bonds is 10. The molecule has 9 nitrogen and oxygen atoms in total. The van der Waals surface area contributed by atoms with Gasteiger partial charge in [-0.2, -0.15) is 0 Å². The number of benzene rings is 2. The van der Waals surface area contributed by atoms with Crippen LogP contribution in [-0.4, -0.2) is 63.9 Å². The second kappa shape index (κ2) is 12.4. The van der Waals surface area contributed by atoms with Gasteiger partial charge in [0.05, 0.1) is 23.3 Å². The topological polar surface area (TPSA) is 116 Å². The Morgan fingerprint density at radius 2 is 1.88 bits per heavy atom. The van der Waals surface area contributed by atoms with E-state index < -0.39 is 0 Å². The summed E-state index contributed by atoms with van der Waals surface area (Å²) in [5.41, 5.74) is 11.3. The van der Waals surface area contributed by atoms with Crippen LogP contribution >= 0.6 is 0 Å². The number of likely N-dealkylation sites (N-methyl/N-ethyl adjacent to an activating group) is 1. The van der Waals surface area contributed by atoms with Gasteiger partial charge in [-0.3, -0.25) is 20.1 Å². The fourth-order valence-corrected chi connectivity index (χ4v) is 5.27. The van der Waals surface area contributed by atoms with Crippen LogP contribution < -0.4 is 16.0 Å². The molecule has 40 heavy (non-hydrogen) atoms. The van der Waals surface area contributed by atoms with Crippen molar-refractivity contribution >= 4 is 28.5 Å². The summed E-state index contributed by atoms with van der Waals surface area (Å²) in [7, 11) is 3.88. The molecule has 0 bridgehead atoms. The van der Waals surface area contributed by atoms with Crippen LogP contribution in [0.25, 0.3) is 11.0 Å².